The van der Waals surface area contributed by atoms with Gasteiger partial charge in [-0.05, 0) is 28.1 Å². The number of halogens is 2. The Kier molecular flexibility index (Phi) is 3.37. The van der Waals surface area contributed by atoms with Crippen molar-refractivity contribution >= 4 is 43.5 Å². The molecule has 2 aromatic rings. The van der Waals surface area contributed by atoms with Gasteiger partial charge in [0.1, 0.15) is 9.63 Å². The molecule has 3 nitrogen and oxygen atoms in total. The summed E-state index contributed by atoms with van der Waals surface area (Å²) in [7, 11) is 0. The van der Waals surface area contributed by atoms with Crippen molar-refractivity contribution in [2.75, 3.05) is 0 Å². The van der Waals surface area contributed by atoms with Crippen LogP contribution in [0.2, 0.25) is 5.02 Å². The van der Waals surface area contributed by atoms with Gasteiger partial charge < -0.3 is 4.84 Å². The van der Waals surface area contributed by atoms with Crippen molar-refractivity contribution in [2.45, 2.75) is 12.5 Å². The summed E-state index contributed by atoms with van der Waals surface area (Å²) in [5.74, 6) is 0. The maximum absolute atomic E-state index is 5.87. The Bertz CT molecular complexity index is 596. The van der Waals surface area contributed by atoms with Gasteiger partial charge >= 0.3 is 0 Å². The van der Waals surface area contributed by atoms with Crippen molar-refractivity contribution in [3.63, 3.8) is 0 Å². The molecule has 0 radical (unpaired) electrons. The fourth-order valence-electron chi connectivity index (χ4n) is 1.66. The zero-order chi connectivity index (χ0) is 12.5. The van der Waals surface area contributed by atoms with Crippen LogP contribution in [-0.2, 0) is 4.84 Å². The Balaban J connectivity index is 1.83. The molecule has 1 aliphatic heterocycles. The average molecular weight is 344 g/mol. The maximum atomic E-state index is 5.87. The normalized spacial score (nSPS) is 18.6. The van der Waals surface area contributed by atoms with Crippen molar-refractivity contribution < 1.29 is 4.84 Å². The summed E-state index contributed by atoms with van der Waals surface area (Å²) < 4.78 is 0.842. The molecular formula is C12H8BrClN2OS. The number of benzene rings is 1. The van der Waals surface area contributed by atoms with Crippen molar-refractivity contribution in [1.82, 2.24) is 4.98 Å². The van der Waals surface area contributed by atoms with Crippen LogP contribution in [0.3, 0.4) is 0 Å². The minimum absolute atomic E-state index is 0.0158. The summed E-state index contributed by atoms with van der Waals surface area (Å²) >= 11 is 10.8. The molecule has 0 fully saturated rings. The second kappa shape index (κ2) is 4.99. The Morgan fingerprint density at radius 2 is 2.11 bits per heavy atom. The zero-order valence-electron chi connectivity index (χ0n) is 9.14. The molecule has 18 heavy (non-hydrogen) atoms. The molecule has 92 valence electrons. The number of aromatic nitrogens is 1. The van der Waals surface area contributed by atoms with Crippen molar-refractivity contribution in [3.8, 4) is 10.6 Å². The molecule has 0 bridgehead atoms. The second-order valence-corrected chi connectivity index (χ2v) is 6.25. The molecule has 1 aromatic heterocycles. The highest BCUT2D eigenvalue weighted by Gasteiger charge is 2.23. The first-order valence-corrected chi connectivity index (χ1v) is 7.31. The summed E-state index contributed by atoms with van der Waals surface area (Å²) in [6.07, 6.45) is 2.60. The first-order chi connectivity index (χ1) is 8.72. The Labute approximate surface area is 122 Å². The highest BCUT2D eigenvalue weighted by atomic mass is 79.9. The van der Waals surface area contributed by atoms with Crippen LogP contribution in [0.25, 0.3) is 10.6 Å². The molecule has 0 saturated carbocycles. The molecule has 6 heteroatoms. The van der Waals surface area contributed by atoms with Gasteiger partial charge in [0.2, 0.25) is 0 Å². The molecule has 1 aromatic carbocycles. The number of thiazole rings is 1. The fourth-order valence-corrected chi connectivity index (χ4v) is 3.11. The smallest absolute Gasteiger partial charge is 0.169 e. The maximum Gasteiger partial charge on any atom is 0.169 e. The number of oxime groups is 1. The third kappa shape index (κ3) is 2.43. The van der Waals surface area contributed by atoms with Gasteiger partial charge in [-0.2, -0.15) is 0 Å². The minimum Gasteiger partial charge on any atom is -0.386 e. The monoisotopic (exact) mass is 342 g/mol. The Morgan fingerprint density at radius 1 is 1.33 bits per heavy atom. The van der Waals surface area contributed by atoms with Gasteiger partial charge in [0.05, 0.1) is 4.88 Å². The topological polar surface area (TPSA) is 34.5 Å². The Hall–Kier alpha value is -0.910. The number of nitrogens with zero attached hydrogens (tertiary/aromatic N) is 2. The van der Waals surface area contributed by atoms with Gasteiger partial charge in [-0.15, -0.1) is 11.3 Å². The lowest BCUT2D eigenvalue weighted by atomic mass is 10.2. The first kappa shape index (κ1) is 12.1. The molecular weight excluding hydrogens is 336 g/mol. The molecule has 0 saturated heterocycles. The van der Waals surface area contributed by atoms with Gasteiger partial charge in [-0.25, -0.2) is 4.98 Å². The highest BCUT2D eigenvalue weighted by molar-refractivity contribution is 9.18. The summed E-state index contributed by atoms with van der Waals surface area (Å²) in [4.78, 5) is 10.8. The quantitative estimate of drug-likeness (QED) is 0.796. The van der Waals surface area contributed by atoms with Gasteiger partial charge in [0.25, 0.3) is 0 Å². The van der Waals surface area contributed by atoms with Crippen LogP contribution in [0.5, 0.6) is 0 Å². The summed E-state index contributed by atoms with van der Waals surface area (Å²) in [6.45, 7) is 0. The summed E-state index contributed by atoms with van der Waals surface area (Å²) in [5, 5.41) is 5.58. The highest BCUT2D eigenvalue weighted by Crippen LogP contribution is 2.35. The molecule has 0 spiro atoms. The van der Waals surface area contributed by atoms with E-state index in [4.69, 9.17) is 16.4 Å². The molecule has 0 aliphatic carbocycles. The van der Waals surface area contributed by atoms with Crippen molar-refractivity contribution in [2.24, 2.45) is 5.16 Å². The van der Waals surface area contributed by atoms with Crippen LogP contribution in [-0.4, -0.2) is 9.60 Å². The van der Waals surface area contributed by atoms with Crippen LogP contribution in [0, 0.1) is 0 Å². The van der Waals surface area contributed by atoms with Crippen LogP contribution in [0.1, 0.15) is 17.4 Å². The molecule has 0 N–H and O–H groups in total. The third-order valence-corrected chi connectivity index (χ3v) is 4.42. The minimum atomic E-state index is -0.0158. The molecule has 1 aliphatic rings. The molecule has 3 rings (SSSR count). The van der Waals surface area contributed by atoms with Gasteiger partial charge in [0, 0.05) is 23.2 Å². The average Bonchev–Trinajstić information content (AvgIpc) is 2.98. The van der Waals surface area contributed by atoms with E-state index in [1.165, 1.54) is 0 Å². The second-order valence-electron chi connectivity index (χ2n) is 3.84. The van der Waals surface area contributed by atoms with E-state index in [9.17, 15) is 0 Å². The first-order valence-electron chi connectivity index (χ1n) is 5.32. The standard InChI is InChI=1S/C12H8BrClN2OS/c13-11-5-9(17-16-11)10-6-15-12(18-10)7-1-3-8(14)4-2-7/h1-4,6,9H,5H2/t9-/m0/s1. The lowest BCUT2D eigenvalue weighted by Crippen LogP contribution is -1.92. The number of rotatable bonds is 2. The van der Waals surface area contributed by atoms with Gasteiger partial charge in [-0.1, -0.05) is 28.9 Å². The molecule has 0 amide bonds. The van der Waals surface area contributed by atoms with E-state index >= 15 is 0 Å². The molecule has 1 atom stereocenters. The van der Waals surface area contributed by atoms with Crippen molar-refractivity contribution in [1.29, 1.82) is 0 Å². The van der Waals surface area contributed by atoms with Crippen LogP contribution < -0.4 is 0 Å². The lowest BCUT2D eigenvalue weighted by Gasteiger charge is -2.02. The van der Waals surface area contributed by atoms with E-state index in [0.29, 0.717) is 0 Å². The molecule has 0 unspecified atom stereocenters. The number of hydrogen-bond donors (Lipinski definition) is 0. The van der Waals surface area contributed by atoms with Gasteiger partial charge in [0.15, 0.2) is 6.10 Å². The largest absolute Gasteiger partial charge is 0.386 e. The van der Waals surface area contributed by atoms with E-state index in [1.807, 2.05) is 30.5 Å². The van der Waals surface area contributed by atoms with Crippen molar-refractivity contribution in [3.05, 3.63) is 40.4 Å². The zero-order valence-corrected chi connectivity index (χ0v) is 12.3. The van der Waals surface area contributed by atoms with E-state index in [0.717, 1.165) is 31.5 Å². The van der Waals surface area contributed by atoms with Crippen LogP contribution in [0.4, 0.5) is 0 Å². The predicted molar refractivity (Wildman–Crippen MR) is 77.4 cm³/mol. The van der Waals surface area contributed by atoms with E-state index < -0.39 is 0 Å². The fraction of sp³-hybridized carbons (Fsp3) is 0.167. The van der Waals surface area contributed by atoms with E-state index in [1.54, 1.807) is 11.3 Å². The van der Waals surface area contributed by atoms with Crippen LogP contribution in [0.15, 0.2) is 35.6 Å². The summed E-state index contributed by atoms with van der Waals surface area (Å²) in [5.41, 5.74) is 1.06. The van der Waals surface area contributed by atoms with Crippen LogP contribution >= 0.6 is 38.9 Å². The summed E-state index contributed by atoms with van der Waals surface area (Å²) in [6, 6.07) is 7.66. The molecule has 2 heterocycles. The van der Waals surface area contributed by atoms with E-state index in [-0.39, 0.29) is 6.10 Å². The number of hydrogen-bond acceptors (Lipinski definition) is 4. The SMILES string of the molecule is Clc1ccc(-c2ncc([C@@H]3CC(Br)=NO3)s2)cc1. The third-order valence-electron chi connectivity index (χ3n) is 2.56. The Morgan fingerprint density at radius 3 is 2.78 bits per heavy atom. The lowest BCUT2D eigenvalue weighted by molar-refractivity contribution is 0.0882. The van der Waals surface area contributed by atoms with Gasteiger partial charge in [-0.3, -0.25) is 0 Å². The predicted octanol–water partition coefficient (Wildman–Crippen LogP) is 4.63. The van der Waals surface area contributed by atoms with E-state index in [2.05, 4.69) is 26.1 Å².